The van der Waals surface area contributed by atoms with Crippen molar-refractivity contribution < 1.29 is 13.9 Å². The molecule has 0 amide bonds. The van der Waals surface area contributed by atoms with Gasteiger partial charge in [0.2, 0.25) is 0 Å². The fourth-order valence-electron chi connectivity index (χ4n) is 0.490. The summed E-state index contributed by atoms with van der Waals surface area (Å²) in [5, 5.41) is 0. The summed E-state index contributed by atoms with van der Waals surface area (Å²) >= 11 is 0. The van der Waals surface area contributed by atoms with Gasteiger partial charge in [0.1, 0.15) is 6.26 Å². The zero-order valence-corrected chi connectivity index (χ0v) is 5.21. The summed E-state index contributed by atoms with van der Waals surface area (Å²) in [6, 6.07) is 0. The van der Waals surface area contributed by atoms with Crippen LogP contribution in [-0.4, -0.2) is 18.1 Å². The van der Waals surface area contributed by atoms with Crippen molar-refractivity contribution in [3.8, 4) is 0 Å². The molecular formula is C5H5NO4. The smallest absolute Gasteiger partial charge is 0.416 e. The molecule has 1 aromatic rings. The Kier molecular flexibility index (Phi) is 1.57. The van der Waals surface area contributed by atoms with Crippen molar-refractivity contribution in [2.24, 2.45) is 0 Å². The Balaban J connectivity index is 2.95. The molecule has 0 aromatic carbocycles. The van der Waals surface area contributed by atoms with Gasteiger partial charge in [0.15, 0.2) is 5.69 Å². The summed E-state index contributed by atoms with van der Waals surface area (Å²) in [5.74, 6) is -1.29. The molecule has 0 saturated heterocycles. The quantitative estimate of drug-likeness (QED) is 0.550. The van der Waals surface area contributed by atoms with E-state index in [1.165, 1.54) is 7.11 Å². The lowest BCUT2D eigenvalue weighted by molar-refractivity contribution is 0.0594. The maximum atomic E-state index is 10.6. The highest BCUT2D eigenvalue weighted by Gasteiger charge is 2.07. The van der Waals surface area contributed by atoms with E-state index < -0.39 is 11.7 Å². The predicted octanol–water partition coefficient (Wildman–Crippen LogP) is -0.245. The van der Waals surface area contributed by atoms with E-state index >= 15 is 0 Å². The second-order valence-corrected chi connectivity index (χ2v) is 1.55. The lowest BCUT2D eigenvalue weighted by atomic mass is 10.5. The summed E-state index contributed by atoms with van der Waals surface area (Å²) in [4.78, 5) is 23.0. The number of carbonyl (C=O) groups excluding carboxylic acids is 1. The Hall–Kier alpha value is -1.52. The molecule has 0 spiro atoms. The van der Waals surface area contributed by atoms with Crippen LogP contribution in [0, 0.1) is 0 Å². The normalized spacial score (nSPS) is 9.30. The summed E-state index contributed by atoms with van der Waals surface area (Å²) in [5.41, 5.74) is 0.0208. The van der Waals surface area contributed by atoms with E-state index in [0.717, 1.165) is 6.26 Å². The van der Waals surface area contributed by atoms with E-state index in [4.69, 9.17) is 0 Å². The van der Waals surface area contributed by atoms with Gasteiger partial charge >= 0.3 is 11.7 Å². The van der Waals surface area contributed by atoms with Crippen molar-refractivity contribution in [2.75, 3.05) is 7.11 Å². The molecule has 0 saturated carbocycles. The van der Waals surface area contributed by atoms with Crippen molar-refractivity contribution in [1.82, 2.24) is 4.98 Å². The first kappa shape index (κ1) is 6.60. The molecule has 1 heterocycles. The van der Waals surface area contributed by atoms with Gasteiger partial charge in [-0.15, -0.1) is 0 Å². The number of ether oxygens (including phenoxy) is 1. The Morgan fingerprint density at radius 3 is 2.90 bits per heavy atom. The zero-order valence-electron chi connectivity index (χ0n) is 5.21. The first-order chi connectivity index (χ1) is 4.74. The van der Waals surface area contributed by atoms with Crippen LogP contribution in [0.2, 0.25) is 0 Å². The van der Waals surface area contributed by atoms with Crippen LogP contribution in [0.25, 0.3) is 0 Å². The van der Waals surface area contributed by atoms with Crippen molar-refractivity contribution in [2.45, 2.75) is 0 Å². The van der Waals surface area contributed by atoms with Crippen molar-refractivity contribution in [1.29, 1.82) is 0 Å². The number of oxazole rings is 1. The number of methoxy groups -OCH3 is 1. The molecule has 0 radical (unpaired) electrons. The SMILES string of the molecule is COC(=O)c1coc(=O)[nH]1. The van der Waals surface area contributed by atoms with Crippen LogP contribution >= 0.6 is 0 Å². The maximum absolute atomic E-state index is 10.6. The number of rotatable bonds is 1. The standard InChI is InChI=1S/C5H5NO4/c1-9-4(7)3-2-10-5(8)6-3/h2H,1H3,(H,6,8). The second-order valence-electron chi connectivity index (χ2n) is 1.55. The average molecular weight is 143 g/mol. The molecule has 5 heteroatoms. The van der Waals surface area contributed by atoms with E-state index in [1.807, 2.05) is 0 Å². The van der Waals surface area contributed by atoms with Crippen LogP contribution in [-0.2, 0) is 4.74 Å². The van der Waals surface area contributed by atoms with Crippen LogP contribution < -0.4 is 5.76 Å². The topological polar surface area (TPSA) is 72.3 Å². The molecule has 5 nitrogen and oxygen atoms in total. The number of hydrogen-bond acceptors (Lipinski definition) is 4. The molecule has 1 N–H and O–H groups in total. The molecule has 0 aliphatic carbocycles. The highest BCUT2D eigenvalue weighted by atomic mass is 16.5. The van der Waals surface area contributed by atoms with E-state index in [9.17, 15) is 9.59 Å². The molecule has 0 aliphatic heterocycles. The third-order valence-corrected chi connectivity index (χ3v) is 0.926. The van der Waals surface area contributed by atoms with Gasteiger partial charge in [-0.25, -0.2) is 9.59 Å². The minimum atomic E-state index is -0.666. The largest absolute Gasteiger partial charge is 0.464 e. The summed E-state index contributed by atoms with van der Waals surface area (Å²) in [7, 11) is 1.22. The minimum Gasteiger partial charge on any atom is -0.464 e. The van der Waals surface area contributed by atoms with Gasteiger partial charge in [-0.2, -0.15) is 0 Å². The van der Waals surface area contributed by atoms with E-state index in [1.54, 1.807) is 0 Å². The van der Waals surface area contributed by atoms with Crippen LogP contribution in [0.4, 0.5) is 0 Å². The average Bonchev–Trinajstić information content (AvgIpc) is 2.34. The maximum Gasteiger partial charge on any atom is 0.416 e. The van der Waals surface area contributed by atoms with E-state index in [0.29, 0.717) is 0 Å². The third-order valence-electron chi connectivity index (χ3n) is 0.926. The molecular weight excluding hydrogens is 138 g/mol. The third kappa shape index (κ3) is 1.07. The van der Waals surface area contributed by atoms with Crippen LogP contribution in [0.15, 0.2) is 15.5 Å². The number of hydrogen-bond donors (Lipinski definition) is 1. The summed E-state index contributed by atoms with van der Waals surface area (Å²) in [6.45, 7) is 0. The lowest BCUT2D eigenvalue weighted by Gasteiger charge is -1.89. The predicted molar refractivity (Wildman–Crippen MR) is 30.7 cm³/mol. The number of carbonyl (C=O) groups is 1. The molecule has 10 heavy (non-hydrogen) atoms. The summed E-state index contributed by atoms with van der Waals surface area (Å²) in [6.07, 6.45) is 1.01. The molecule has 54 valence electrons. The number of H-pyrrole nitrogens is 1. The Bertz CT molecular complexity index is 284. The zero-order chi connectivity index (χ0) is 7.56. The van der Waals surface area contributed by atoms with Crippen molar-refractivity contribution in [3.05, 3.63) is 22.5 Å². The van der Waals surface area contributed by atoms with Gasteiger partial charge in [-0.05, 0) is 0 Å². The number of aromatic amines is 1. The first-order valence-electron chi connectivity index (χ1n) is 2.50. The fourth-order valence-corrected chi connectivity index (χ4v) is 0.490. The van der Waals surface area contributed by atoms with Crippen LogP contribution in [0.5, 0.6) is 0 Å². The molecule has 0 unspecified atom stereocenters. The highest BCUT2D eigenvalue weighted by molar-refractivity contribution is 5.86. The molecule has 0 aliphatic rings. The van der Waals surface area contributed by atoms with Gasteiger partial charge in [0, 0.05) is 0 Å². The monoisotopic (exact) mass is 143 g/mol. The number of aromatic nitrogens is 1. The second kappa shape index (κ2) is 2.38. The van der Waals surface area contributed by atoms with Gasteiger partial charge in [-0.1, -0.05) is 0 Å². The Morgan fingerprint density at radius 2 is 2.50 bits per heavy atom. The van der Waals surface area contributed by atoms with Crippen molar-refractivity contribution >= 4 is 5.97 Å². The Labute approximate surface area is 55.6 Å². The van der Waals surface area contributed by atoms with Crippen LogP contribution in [0.1, 0.15) is 10.5 Å². The van der Waals surface area contributed by atoms with E-state index in [2.05, 4.69) is 14.1 Å². The molecule has 1 aromatic heterocycles. The lowest BCUT2D eigenvalue weighted by Crippen LogP contribution is -2.04. The summed E-state index contributed by atoms with van der Waals surface area (Å²) < 4.78 is 8.56. The first-order valence-corrected chi connectivity index (χ1v) is 2.50. The molecule has 0 bridgehead atoms. The molecule has 0 fully saturated rings. The minimum absolute atomic E-state index is 0.0208. The van der Waals surface area contributed by atoms with E-state index in [-0.39, 0.29) is 5.69 Å². The van der Waals surface area contributed by atoms with Gasteiger partial charge in [0.05, 0.1) is 7.11 Å². The van der Waals surface area contributed by atoms with Crippen molar-refractivity contribution in [3.63, 3.8) is 0 Å². The fraction of sp³-hybridized carbons (Fsp3) is 0.200. The van der Waals surface area contributed by atoms with Gasteiger partial charge in [-0.3, -0.25) is 4.98 Å². The Morgan fingerprint density at radius 1 is 1.80 bits per heavy atom. The molecule has 0 atom stereocenters. The van der Waals surface area contributed by atoms with Crippen LogP contribution in [0.3, 0.4) is 0 Å². The van der Waals surface area contributed by atoms with Gasteiger partial charge < -0.3 is 9.15 Å². The number of nitrogens with one attached hydrogen (secondary N) is 1. The highest BCUT2D eigenvalue weighted by Crippen LogP contribution is 1.91. The molecule has 1 rings (SSSR count). The van der Waals surface area contributed by atoms with Gasteiger partial charge in [0.25, 0.3) is 0 Å². The number of esters is 1.